The molecule has 0 radical (unpaired) electrons. The maximum absolute atomic E-state index is 4.46. The Hall–Kier alpha value is -1.58. The van der Waals surface area contributed by atoms with Crippen LogP contribution in [0.4, 0.5) is 5.95 Å². The largest absolute Gasteiger partial charge is 0.350 e. The lowest BCUT2D eigenvalue weighted by Gasteiger charge is -2.32. The van der Waals surface area contributed by atoms with Gasteiger partial charge in [-0.05, 0) is 37.8 Å². The van der Waals surface area contributed by atoms with Gasteiger partial charge in [-0.1, -0.05) is 13.0 Å². The number of nitrogens with one attached hydrogen (secondary N) is 1. The molecule has 4 nitrogen and oxygen atoms in total. The van der Waals surface area contributed by atoms with Gasteiger partial charge in [-0.2, -0.15) is 4.98 Å². The van der Waals surface area contributed by atoms with Crippen molar-refractivity contribution in [1.82, 2.24) is 14.6 Å². The van der Waals surface area contributed by atoms with Crippen LogP contribution in [-0.4, -0.2) is 20.6 Å². The fourth-order valence-corrected chi connectivity index (χ4v) is 2.30. The summed E-state index contributed by atoms with van der Waals surface area (Å²) in [4.78, 5) is 4.46. The molecule has 1 aliphatic rings. The van der Waals surface area contributed by atoms with Crippen LogP contribution in [0.3, 0.4) is 0 Å². The van der Waals surface area contributed by atoms with Crippen molar-refractivity contribution >= 4 is 11.6 Å². The Balaban J connectivity index is 1.85. The second kappa shape index (κ2) is 3.47. The minimum atomic E-state index is 0.563. The van der Waals surface area contributed by atoms with Crippen molar-refractivity contribution in [1.29, 1.82) is 0 Å². The predicted octanol–water partition coefficient (Wildman–Crippen LogP) is 2.25. The Morgan fingerprint density at radius 1 is 1.38 bits per heavy atom. The van der Waals surface area contributed by atoms with Gasteiger partial charge in [0.1, 0.15) is 0 Å². The van der Waals surface area contributed by atoms with Crippen LogP contribution in [0.5, 0.6) is 0 Å². The van der Waals surface area contributed by atoms with E-state index in [9.17, 15) is 0 Å². The number of nitrogens with zero attached hydrogens (tertiary/aromatic N) is 3. The number of anilines is 1. The van der Waals surface area contributed by atoms with Gasteiger partial charge in [0.25, 0.3) is 0 Å². The van der Waals surface area contributed by atoms with Gasteiger partial charge in [-0.3, -0.25) is 0 Å². The lowest BCUT2D eigenvalue weighted by Crippen LogP contribution is -2.34. The number of pyridine rings is 1. The molecule has 0 saturated heterocycles. The van der Waals surface area contributed by atoms with E-state index in [-0.39, 0.29) is 0 Å². The first-order chi connectivity index (χ1) is 7.72. The summed E-state index contributed by atoms with van der Waals surface area (Å²) >= 11 is 0. The maximum Gasteiger partial charge on any atom is 0.243 e. The van der Waals surface area contributed by atoms with Gasteiger partial charge >= 0.3 is 0 Å². The van der Waals surface area contributed by atoms with Crippen molar-refractivity contribution < 1.29 is 0 Å². The molecular weight excluding hydrogens is 200 g/mol. The molecule has 0 spiro atoms. The second-order valence-electron chi connectivity index (χ2n) is 4.79. The van der Waals surface area contributed by atoms with Gasteiger partial charge in [-0.15, -0.1) is 5.10 Å². The van der Waals surface area contributed by atoms with Crippen molar-refractivity contribution in [3.8, 4) is 0 Å². The molecule has 0 aliphatic heterocycles. The molecular formula is C12H16N4. The quantitative estimate of drug-likeness (QED) is 0.837. The number of aryl methyl sites for hydroxylation is 1. The topological polar surface area (TPSA) is 42.2 Å². The van der Waals surface area contributed by atoms with Crippen LogP contribution in [0.1, 0.15) is 25.5 Å². The standard InChI is InChI=1S/C12H16N4/c1-8-6-10(7-8)13-12-14-11-5-3-4-9(2)16(11)15-12/h3-5,8,10H,6-7H2,1-2H3,(H,13,15). The zero-order chi connectivity index (χ0) is 11.1. The molecule has 1 aliphatic carbocycles. The summed E-state index contributed by atoms with van der Waals surface area (Å²) in [6.07, 6.45) is 2.46. The molecule has 1 saturated carbocycles. The Bertz CT molecular complexity index is 511. The van der Waals surface area contributed by atoms with Crippen molar-refractivity contribution in [3.05, 3.63) is 23.9 Å². The van der Waals surface area contributed by atoms with Crippen LogP contribution in [0.15, 0.2) is 18.2 Å². The first-order valence-corrected chi connectivity index (χ1v) is 5.81. The van der Waals surface area contributed by atoms with Crippen molar-refractivity contribution in [2.45, 2.75) is 32.7 Å². The third kappa shape index (κ3) is 1.54. The zero-order valence-electron chi connectivity index (χ0n) is 9.64. The lowest BCUT2D eigenvalue weighted by molar-refractivity contribution is 0.308. The molecule has 2 heterocycles. The molecule has 0 aromatic carbocycles. The van der Waals surface area contributed by atoms with E-state index in [4.69, 9.17) is 0 Å². The Morgan fingerprint density at radius 3 is 2.88 bits per heavy atom. The van der Waals surface area contributed by atoms with Crippen LogP contribution in [0, 0.1) is 12.8 Å². The predicted molar refractivity (Wildman–Crippen MR) is 63.5 cm³/mol. The molecule has 1 fully saturated rings. The van der Waals surface area contributed by atoms with E-state index in [2.05, 4.69) is 22.3 Å². The van der Waals surface area contributed by atoms with E-state index in [1.807, 2.05) is 29.6 Å². The van der Waals surface area contributed by atoms with Gasteiger partial charge in [0.15, 0.2) is 5.65 Å². The van der Waals surface area contributed by atoms with Crippen molar-refractivity contribution in [3.63, 3.8) is 0 Å². The number of hydrogen-bond acceptors (Lipinski definition) is 3. The average Bonchev–Trinajstić information content (AvgIpc) is 2.60. The van der Waals surface area contributed by atoms with E-state index < -0.39 is 0 Å². The Morgan fingerprint density at radius 2 is 2.19 bits per heavy atom. The third-order valence-corrected chi connectivity index (χ3v) is 3.26. The highest BCUT2D eigenvalue weighted by Crippen LogP contribution is 2.28. The molecule has 1 N–H and O–H groups in total. The highest BCUT2D eigenvalue weighted by molar-refractivity contribution is 5.44. The smallest absolute Gasteiger partial charge is 0.243 e. The van der Waals surface area contributed by atoms with Gasteiger partial charge in [0, 0.05) is 11.7 Å². The molecule has 84 valence electrons. The van der Waals surface area contributed by atoms with Crippen LogP contribution in [0.2, 0.25) is 0 Å². The molecule has 0 atom stereocenters. The minimum Gasteiger partial charge on any atom is -0.350 e. The van der Waals surface area contributed by atoms with Crippen LogP contribution in [0.25, 0.3) is 5.65 Å². The van der Waals surface area contributed by atoms with E-state index in [0.29, 0.717) is 6.04 Å². The van der Waals surface area contributed by atoms with Gasteiger partial charge in [-0.25, -0.2) is 4.52 Å². The van der Waals surface area contributed by atoms with Crippen molar-refractivity contribution in [2.75, 3.05) is 5.32 Å². The summed E-state index contributed by atoms with van der Waals surface area (Å²) in [7, 11) is 0. The number of aromatic nitrogens is 3. The highest BCUT2D eigenvalue weighted by atomic mass is 15.4. The summed E-state index contributed by atoms with van der Waals surface area (Å²) in [6, 6.07) is 6.59. The van der Waals surface area contributed by atoms with E-state index in [0.717, 1.165) is 23.2 Å². The van der Waals surface area contributed by atoms with E-state index in [1.165, 1.54) is 12.8 Å². The lowest BCUT2D eigenvalue weighted by atomic mass is 9.82. The third-order valence-electron chi connectivity index (χ3n) is 3.26. The molecule has 4 heteroatoms. The fraction of sp³-hybridized carbons (Fsp3) is 0.500. The molecule has 2 aromatic heterocycles. The van der Waals surface area contributed by atoms with Crippen LogP contribution < -0.4 is 5.32 Å². The second-order valence-corrected chi connectivity index (χ2v) is 4.79. The Labute approximate surface area is 94.7 Å². The summed E-state index contributed by atoms with van der Waals surface area (Å²) in [6.45, 7) is 4.32. The summed E-state index contributed by atoms with van der Waals surface area (Å²) < 4.78 is 1.88. The SMILES string of the molecule is Cc1cccc2nc(NC3CC(C)C3)nn12. The van der Waals surface area contributed by atoms with Crippen LogP contribution in [-0.2, 0) is 0 Å². The average molecular weight is 216 g/mol. The monoisotopic (exact) mass is 216 g/mol. The molecule has 16 heavy (non-hydrogen) atoms. The van der Waals surface area contributed by atoms with Gasteiger partial charge in [0.2, 0.25) is 5.95 Å². The minimum absolute atomic E-state index is 0.563. The van der Waals surface area contributed by atoms with Gasteiger partial charge in [0.05, 0.1) is 0 Å². The summed E-state index contributed by atoms with van der Waals surface area (Å²) in [5.41, 5.74) is 2.02. The molecule has 3 rings (SSSR count). The van der Waals surface area contributed by atoms with Gasteiger partial charge < -0.3 is 5.32 Å². The number of hydrogen-bond donors (Lipinski definition) is 1. The maximum atomic E-state index is 4.46. The zero-order valence-corrected chi connectivity index (χ0v) is 9.64. The first kappa shape index (κ1) is 9.63. The van der Waals surface area contributed by atoms with Crippen LogP contribution >= 0.6 is 0 Å². The van der Waals surface area contributed by atoms with Crippen molar-refractivity contribution in [2.24, 2.45) is 5.92 Å². The molecule has 0 amide bonds. The first-order valence-electron chi connectivity index (χ1n) is 5.81. The molecule has 2 aromatic rings. The van der Waals surface area contributed by atoms with E-state index >= 15 is 0 Å². The normalized spacial score (nSPS) is 24.4. The molecule has 0 unspecified atom stereocenters. The fourth-order valence-electron chi connectivity index (χ4n) is 2.30. The summed E-state index contributed by atoms with van der Waals surface area (Å²) in [5, 5.41) is 7.84. The number of rotatable bonds is 2. The highest BCUT2D eigenvalue weighted by Gasteiger charge is 2.26. The Kier molecular flexibility index (Phi) is 2.09. The van der Waals surface area contributed by atoms with E-state index in [1.54, 1.807) is 0 Å². The number of fused-ring (bicyclic) bond motifs is 1. The summed E-state index contributed by atoms with van der Waals surface area (Å²) in [5.74, 6) is 1.60. The molecule has 0 bridgehead atoms.